The SMILES string of the molecule is O=S1C2C=C(Cc3cc(F)ccc3C(F)(F)F)CC1CC2. The molecule has 1 aromatic carbocycles. The first-order valence-electron chi connectivity index (χ1n) is 6.79. The Morgan fingerprint density at radius 3 is 2.67 bits per heavy atom. The van der Waals surface area contributed by atoms with Crippen LogP contribution in [0.25, 0.3) is 0 Å². The highest BCUT2D eigenvalue weighted by Gasteiger charge is 2.37. The van der Waals surface area contributed by atoms with Crippen molar-refractivity contribution in [2.24, 2.45) is 0 Å². The molecule has 1 saturated heterocycles. The third-order valence-electron chi connectivity index (χ3n) is 4.10. The number of alkyl halides is 3. The summed E-state index contributed by atoms with van der Waals surface area (Å²) < 4.78 is 64.1. The molecule has 0 aromatic heterocycles. The van der Waals surface area contributed by atoms with Crippen molar-refractivity contribution in [1.29, 1.82) is 0 Å². The molecule has 3 rings (SSSR count). The van der Waals surface area contributed by atoms with Crippen molar-refractivity contribution in [1.82, 2.24) is 0 Å². The van der Waals surface area contributed by atoms with E-state index >= 15 is 0 Å². The molecule has 3 unspecified atom stereocenters. The first-order valence-corrected chi connectivity index (χ1v) is 8.07. The summed E-state index contributed by atoms with van der Waals surface area (Å²) in [6.45, 7) is 0. The summed E-state index contributed by atoms with van der Waals surface area (Å²) in [7, 11) is -0.897. The molecule has 0 aliphatic carbocycles. The zero-order chi connectivity index (χ0) is 15.2. The van der Waals surface area contributed by atoms with Crippen LogP contribution in [0.5, 0.6) is 0 Å². The molecule has 1 nitrogen and oxygen atoms in total. The highest BCUT2D eigenvalue weighted by molar-refractivity contribution is 7.86. The quantitative estimate of drug-likeness (QED) is 0.595. The Morgan fingerprint density at radius 2 is 2.00 bits per heavy atom. The Morgan fingerprint density at radius 1 is 1.24 bits per heavy atom. The van der Waals surface area contributed by atoms with Gasteiger partial charge in [-0.15, -0.1) is 0 Å². The van der Waals surface area contributed by atoms with Crippen LogP contribution in [-0.2, 0) is 23.4 Å². The maximum Gasteiger partial charge on any atom is 0.416 e. The van der Waals surface area contributed by atoms with Gasteiger partial charge in [0.05, 0.1) is 10.8 Å². The molecule has 0 N–H and O–H groups in total. The number of hydrogen-bond acceptors (Lipinski definition) is 1. The van der Waals surface area contributed by atoms with Crippen molar-refractivity contribution in [3.05, 3.63) is 46.8 Å². The van der Waals surface area contributed by atoms with Gasteiger partial charge in [-0.3, -0.25) is 4.21 Å². The highest BCUT2D eigenvalue weighted by Crippen LogP contribution is 2.38. The van der Waals surface area contributed by atoms with E-state index in [1.807, 2.05) is 6.08 Å². The number of fused-ring (bicyclic) bond motifs is 2. The van der Waals surface area contributed by atoms with Gasteiger partial charge in [-0.1, -0.05) is 11.6 Å². The largest absolute Gasteiger partial charge is 0.416 e. The van der Waals surface area contributed by atoms with Gasteiger partial charge in [-0.25, -0.2) is 4.39 Å². The summed E-state index contributed by atoms with van der Waals surface area (Å²) in [5, 5.41) is 0.0135. The van der Waals surface area contributed by atoms with E-state index in [1.54, 1.807) is 0 Å². The molecule has 6 heteroatoms. The minimum absolute atomic E-state index is 0.0401. The van der Waals surface area contributed by atoms with Gasteiger partial charge in [0.25, 0.3) is 0 Å². The number of hydrogen-bond donors (Lipinski definition) is 0. The van der Waals surface area contributed by atoms with E-state index in [0.717, 1.165) is 36.6 Å². The Hall–Kier alpha value is -1.17. The van der Waals surface area contributed by atoms with Crippen LogP contribution < -0.4 is 0 Å². The van der Waals surface area contributed by atoms with Gasteiger partial charge in [0.2, 0.25) is 0 Å². The van der Waals surface area contributed by atoms with Gasteiger partial charge in [-0.05, 0) is 49.4 Å². The molecule has 2 heterocycles. The van der Waals surface area contributed by atoms with E-state index in [-0.39, 0.29) is 22.5 Å². The monoisotopic (exact) mass is 318 g/mol. The lowest BCUT2D eigenvalue weighted by molar-refractivity contribution is -0.138. The minimum atomic E-state index is -4.49. The van der Waals surface area contributed by atoms with Crippen LogP contribution in [0.15, 0.2) is 29.8 Å². The summed E-state index contributed by atoms with van der Waals surface area (Å²) in [5.74, 6) is -0.666. The average Bonchev–Trinajstić information content (AvgIpc) is 2.60. The topological polar surface area (TPSA) is 17.1 Å². The predicted molar refractivity (Wildman–Crippen MR) is 72.8 cm³/mol. The van der Waals surface area contributed by atoms with Crippen LogP contribution in [0.4, 0.5) is 17.6 Å². The summed E-state index contributed by atoms with van der Waals surface area (Å²) >= 11 is 0. The average molecular weight is 318 g/mol. The van der Waals surface area contributed by atoms with Crippen LogP contribution in [0.1, 0.15) is 30.4 Å². The van der Waals surface area contributed by atoms with E-state index in [4.69, 9.17) is 0 Å². The molecule has 0 radical (unpaired) electrons. The second kappa shape index (κ2) is 5.23. The number of halogens is 4. The standard InChI is InChI=1S/C15H14F4OS/c16-11-1-4-14(15(17,18)19)10(8-11)5-9-6-12-2-3-13(7-9)21(12)20/h1,4,6,8,12-13H,2-3,5,7H2. The van der Waals surface area contributed by atoms with E-state index in [9.17, 15) is 21.8 Å². The summed E-state index contributed by atoms with van der Waals surface area (Å²) in [6.07, 6.45) is -0.332. The molecule has 1 aromatic rings. The fraction of sp³-hybridized carbons (Fsp3) is 0.467. The Balaban J connectivity index is 1.90. The van der Waals surface area contributed by atoms with Crippen molar-refractivity contribution in [2.45, 2.75) is 42.4 Å². The van der Waals surface area contributed by atoms with Crippen LogP contribution >= 0.6 is 0 Å². The van der Waals surface area contributed by atoms with E-state index in [0.29, 0.717) is 6.42 Å². The lowest BCUT2D eigenvalue weighted by Crippen LogP contribution is -2.21. The zero-order valence-electron chi connectivity index (χ0n) is 11.1. The van der Waals surface area contributed by atoms with E-state index in [1.165, 1.54) is 0 Å². The van der Waals surface area contributed by atoms with E-state index in [2.05, 4.69) is 0 Å². The van der Waals surface area contributed by atoms with Gasteiger partial charge in [-0.2, -0.15) is 13.2 Å². The van der Waals surface area contributed by atoms with Gasteiger partial charge in [0.1, 0.15) is 5.82 Å². The summed E-state index contributed by atoms with van der Waals surface area (Å²) in [5.41, 5.74) is 0.0166. The summed E-state index contributed by atoms with van der Waals surface area (Å²) in [6, 6.07) is 2.58. The third kappa shape index (κ3) is 2.91. The van der Waals surface area contributed by atoms with Crippen molar-refractivity contribution >= 4 is 10.8 Å². The second-order valence-corrected chi connectivity index (χ2v) is 7.50. The fourth-order valence-corrected chi connectivity index (χ4v) is 5.08. The maximum absolute atomic E-state index is 13.3. The van der Waals surface area contributed by atoms with Gasteiger partial charge >= 0.3 is 6.18 Å². The molecule has 0 amide bonds. The Labute approximate surface area is 122 Å². The molecule has 3 atom stereocenters. The van der Waals surface area contributed by atoms with Crippen LogP contribution in [0.3, 0.4) is 0 Å². The van der Waals surface area contributed by atoms with Crippen molar-refractivity contribution in [3.8, 4) is 0 Å². The molecule has 0 spiro atoms. The summed E-state index contributed by atoms with van der Waals surface area (Å²) in [4.78, 5) is 0. The third-order valence-corrected chi connectivity index (χ3v) is 6.13. The molecule has 1 fully saturated rings. The molecule has 2 aliphatic rings. The number of allylic oxidation sites excluding steroid dienone is 1. The highest BCUT2D eigenvalue weighted by atomic mass is 32.2. The molecule has 114 valence electrons. The zero-order valence-corrected chi connectivity index (χ0v) is 11.9. The Kier molecular flexibility index (Phi) is 3.67. The first-order chi connectivity index (χ1) is 9.84. The number of benzene rings is 1. The fourth-order valence-electron chi connectivity index (χ4n) is 3.15. The smallest absolute Gasteiger partial charge is 0.259 e. The maximum atomic E-state index is 13.3. The normalized spacial score (nSPS) is 28.6. The van der Waals surface area contributed by atoms with Crippen LogP contribution in [0.2, 0.25) is 0 Å². The van der Waals surface area contributed by atoms with Crippen LogP contribution in [0, 0.1) is 5.82 Å². The molecule has 0 saturated carbocycles. The van der Waals surface area contributed by atoms with E-state index < -0.39 is 28.4 Å². The minimum Gasteiger partial charge on any atom is -0.259 e. The number of rotatable bonds is 2. The van der Waals surface area contributed by atoms with Crippen molar-refractivity contribution < 1.29 is 21.8 Å². The lowest BCUT2D eigenvalue weighted by Gasteiger charge is -2.21. The predicted octanol–water partition coefficient (Wildman–Crippen LogP) is 4.00. The van der Waals surface area contributed by atoms with Crippen molar-refractivity contribution in [2.75, 3.05) is 0 Å². The second-order valence-electron chi connectivity index (χ2n) is 5.57. The van der Waals surface area contributed by atoms with Gasteiger partial charge in [0.15, 0.2) is 0 Å². The van der Waals surface area contributed by atoms with Gasteiger partial charge in [0, 0.05) is 16.0 Å². The van der Waals surface area contributed by atoms with Crippen LogP contribution in [-0.4, -0.2) is 14.7 Å². The molecule has 21 heavy (non-hydrogen) atoms. The molecule has 2 aliphatic heterocycles. The molecule has 2 bridgehead atoms. The molecular formula is C15H14F4OS. The lowest BCUT2D eigenvalue weighted by atomic mass is 9.96. The van der Waals surface area contributed by atoms with Crippen molar-refractivity contribution in [3.63, 3.8) is 0 Å². The van der Waals surface area contributed by atoms with Gasteiger partial charge < -0.3 is 0 Å². The first kappa shape index (κ1) is 14.8. The molecular weight excluding hydrogens is 304 g/mol. The Bertz CT molecular complexity index is 621.